The molecule has 0 aliphatic heterocycles. The predicted molar refractivity (Wildman–Crippen MR) is 47.7 cm³/mol. The fourth-order valence-electron chi connectivity index (χ4n) is 0.889. The van der Waals surface area contributed by atoms with Crippen LogP contribution in [0.1, 0.15) is 6.42 Å². The Morgan fingerprint density at radius 1 is 1.18 bits per heavy atom. The molecule has 68 valence electrons. The van der Waals surface area contributed by atoms with Crippen molar-refractivity contribution in [2.24, 2.45) is 0 Å². The molecule has 0 unspecified atom stereocenters. The van der Waals surface area contributed by atoms with E-state index in [1.807, 2.05) is 0 Å². The van der Waals surface area contributed by atoms with E-state index in [0.717, 1.165) is 13.0 Å². The molecular formula is C7H18O3Si. The summed E-state index contributed by atoms with van der Waals surface area (Å²) in [6.07, 6.45) is 1.13. The van der Waals surface area contributed by atoms with Gasteiger partial charge in [0.2, 0.25) is 0 Å². The third-order valence-electron chi connectivity index (χ3n) is 1.56. The van der Waals surface area contributed by atoms with Gasteiger partial charge in [-0.3, -0.25) is 0 Å². The molecule has 0 spiro atoms. The van der Waals surface area contributed by atoms with Crippen LogP contribution in [0.3, 0.4) is 0 Å². The molecule has 0 N–H and O–H groups in total. The highest BCUT2D eigenvalue weighted by Crippen LogP contribution is 1.95. The van der Waals surface area contributed by atoms with Crippen LogP contribution in [0.4, 0.5) is 0 Å². The van der Waals surface area contributed by atoms with E-state index in [1.54, 1.807) is 21.3 Å². The highest BCUT2D eigenvalue weighted by Gasteiger charge is 2.03. The lowest BCUT2D eigenvalue weighted by atomic mass is 10.5. The molecule has 0 saturated heterocycles. The largest absolute Gasteiger partial charge is 0.385 e. The molecule has 0 aromatic carbocycles. The third-order valence-corrected chi connectivity index (χ3v) is 3.61. The highest BCUT2D eigenvalue weighted by atomic mass is 28.2. The lowest BCUT2D eigenvalue weighted by molar-refractivity contribution is -0.0442. The van der Waals surface area contributed by atoms with Gasteiger partial charge >= 0.3 is 0 Å². The molecule has 0 aromatic rings. The Hall–Kier alpha value is 0.0969. The second kappa shape index (κ2) is 8.20. The van der Waals surface area contributed by atoms with Gasteiger partial charge in [0.1, 0.15) is 5.91 Å². The molecular weight excluding hydrogens is 160 g/mol. The summed E-state index contributed by atoms with van der Waals surface area (Å²) in [6.45, 7) is 0.854. The average Bonchev–Trinajstić information content (AvgIpc) is 2.05. The van der Waals surface area contributed by atoms with Gasteiger partial charge in [-0.05, 0) is 6.42 Å². The summed E-state index contributed by atoms with van der Waals surface area (Å²) >= 11 is 0. The SMILES string of the molecule is COCCC[SiH2]C(OC)OC. The van der Waals surface area contributed by atoms with E-state index >= 15 is 0 Å². The van der Waals surface area contributed by atoms with Gasteiger partial charge in [-0.1, -0.05) is 6.04 Å². The van der Waals surface area contributed by atoms with Crippen LogP contribution in [0.25, 0.3) is 0 Å². The molecule has 0 heterocycles. The van der Waals surface area contributed by atoms with Crippen LogP contribution >= 0.6 is 0 Å². The average molecular weight is 178 g/mol. The number of hydrogen-bond donors (Lipinski definition) is 0. The van der Waals surface area contributed by atoms with E-state index in [2.05, 4.69) is 0 Å². The minimum Gasteiger partial charge on any atom is -0.385 e. The van der Waals surface area contributed by atoms with Gasteiger partial charge in [-0.25, -0.2) is 0 Å². The number of rotatable bonds is 7. The lowest BCUT2D eigenvalue weighted by Crippen LogP contribution is -2.21. The Labute approximate surface area is 70.8 Å². The van der Waals surface area contributed by atoms with E-state index in [1.165, 1.54) is 6.04 Å². The van der Waals surface area contributed by atoms with Gasteiger partial charge < -0.3 is 14.2 Å². The van der Waals surface area contributed by atoms with Gasteiger partial charge in [0, 0.05) is 27.9 Å². The van der Waals surface area contributed by atoms with Crippen molar-refractivity contribution < 1.29 is 14.2 Å². The second-order valence-electron chi connectivity index (χ2n) is 2.39. The van der Waals surface area contributed by atoms with Crippen LogP contribution in [0.5, 0.6) is 0 Å². The Morgan fingerprint density at radius 3 is 2.27 bits per heavy atom. The van der Waals surface area contributed by atoms with E-state index in [0.29, 0.717) is 0 Å². The van der Waals surface area contributed by atoms with Crippen LogP contribution in [0.2, 0.25) is 6.04 Å². The Bertz CT molecular complexity index is 76.1. The fraction of sp³-hybridized carbons (Fsp3) is 1.00. The van der Waals surface area contributed by atoms with Crippen molar-refractivity contribution in [1.82, 2.24) is 0 Å². The third kappa shape index (κ3) is 6.49. The molecule has 0 aliphatic rings. The summed E-state index contributed by atoms with van der Waals surface area (Å²) in [5.74, 6) is 0.0897. The minimum absolute atomic E-state index is 0.0897. The van der Waals surface area contributed by atoms with E-state index in [9.17, 15) is 0 Å². The normalized spacial score (nSPS) is 12.0. The molecule has 4 heteroatoms. The molecule has 0 aliphatic carbocycles. The fourth-order valence-corrected chi connectivity index (χ4v) is 2.19. The highest BCUT2D eigenvalue weighted by molar-refractivity contribution is 6.36. The van der Waals surface area contributed by atoms with Crippen LogP contribution in [0, 0.1) is 0 Å². The lowest BCUT2D eigenvalue weighted by Gasteiger charge is -2.11. The Kier molecular flexibility index (Phi) is 8.27. The molecule has 3 nitrogen and oxygen atoms in total. The monoisotopic (exact) mass is 178 g/mol. The minimum atomic E-state index is -0.220. The first kappa shape index (κ1) is 11.1. The first-order valence-electron chi connectivity index (χ1n) is 3.89. The first-order valence-corrected chi connectivity index (χ1v) is 5.71. The van der Waals surface area contributed by atoms with Crippen LogP contribution in [-0.2, 0) is 14.2 Å². The summed E-state index contributed by atoms with van der Waals surface area (Å²) in [4.78, 5) is 0. The van der Waals surface area contributed by atoms with Crippen LogP contribution in [-0.4, -0.2) is 43.4 Å². The molecule has 0 atom stereocenters. The van der Waals surface area contributed by atoms with E-state index < -0.39 is 0 Å². The van der Waals surface area contributed by atoms with Gasteiger partial charge in [0.15, 0.2) is 0 Å². The quantitative estimate of drug-likeness (QED) is 0.316. The zero-order valence-corrected chi connectivity index (χ0v) is 9.04. The summed E-state index contributed by atoms with van der Waals surface area (Å²) in [5, 5.41) is 0. The maximum Gasteiger partial charge on any atom is 0.134 e. The first-order chi connectivity index (χ1) is 5.35. The van der Waals surface area contributed by atoms with E-state index in [-0.39, 0.29) is 15.4 Å². The van der Waals surface area contributed by atoms with Crippen molar-refractivity contribution >= 4 is 9.52 Å². The zero-order valence-electron chi connectivity index (χ0n) is 7.63. The van der Waals surface area contributed by atoms with Crippen molar-refractivity contribution in [3.63, 3.8) is 0 Å². The summed E-state index contributed by atoms with van der Waals surface area (Å²) in [5.41, 5.74) is 0. The molecule has 11 heavy (non-hydrogen) atoms. The molecule has 0 rings (SSSR count). The number of methoxy groups -OCH3 is 3. The Balaban J connectivity index is 3.07. The van der Waals surface area contributed by atoms with E-state index in [4.69, 9.17) is 14.2 Å². The number of hydrogen-bond acceptors (Lipinski definition) is 3. The van der Waals surface area contributed by atoms with Crippen molar-refractivity contribution in [2.45, 2.75) is 18.4 Å². The van der Waals surface area contributed by atoms with Gasteiger partial charge in [-0.15, -0.1) is 0 Å². The van der Waals surface area contributed by atoms with Crippen LogP contribution in [0.15, 0.2) is 0 Å². The second-order valence-corrected chi connectivity index (χ2v) is 4.34. The molecule has 0 aromatic heterocycles. The van der Waals surface area contributed by atoms with Crippen molar-refractivity contribution in [3.8, 4) is 0 Å². The standard InChI is InChI=1S/C7H18O3Si/c1-8-5-4-6-11-7(9-2)10-3/h7H,4-6,11H2,1-3H3. The molecule has 0 saturated carbocycles. The molecule has 0 bridgehead atoms. The summed E-state index contributed by atoms with van der Waals surface area (Å²) < 4.78 is 15.1. The van der Waals surface area contributed by atoms with Gasteiger partial charge in [-0.2, -0.15) is 0 Å². The zero-order chi connectivity index (χ0) is 8.53. The van der Waals surface area contributed by atoms with Crippen LogP contribution < -0.4 is 0 Å². The predicted octanol–water partition coefficient (Wildman–Crippen LogP) is 0.186. The maximum atomic E-state index is 5.08. The summed E-state index contributed by atoms with van der Waals surface area (Å²) in [7, 11) is 4.89. The van der Waals surface area contributed by atoms with Gasteiger partial charge in [0.05, 0.1) is 9.52 Å². The van der Waals surface area contributed by atoms with Crippen molar-refractivity contribution in [2.75, 3.05) is 27.9 Å². The number of ether oxygens (including phenoxy) is 3. The topological polar surface area (TPSA) is 27.7 Å². The molecule has 0 amide bonds. The molecule has 0 fully saturated rings. The maximum absolute atomic E-state index is 5.08. The Morgan fingerprint density at radius 2 is 1.82 bits per heavy atom. The molecule has 0 radical (unpaired) electrons. The van der Waals surface area contributed by atoms with Gasteiger partial charge in [0.25, 0.3) is 0 Å². The van der Waals surface area contributed by atoms with Crippen molar-refractivity contribution in [1.29, 1.82) is 0 Å². The van der Waals surface area contributed by atoms with Crippen molar-refractivity contribution in [3.05, 3.63) is 0 Å². The smallest absolute Gasteiger partial charge is 0.134 e. The summed E-state index contributed by atoms with van der Waals surface area (Å²) in [6, 6.07) is 1.22.